The molecule has 7 rings (SSSR count). The largest absolute Gasteiger partial charge is 0.516 e. The van der Waals surface area contributed by atoms with Gasteiger partial charge in [-0.05, 0) is 95.3 Å². The fraction of sp³-hybridized carbons (Fsp3) is 0.314. The lowest BCUT2D eigenvalue weighted by Crippen LogP contribution is -2.37. The smallest absolute Gasteiger partial charge is 0.344 e. The van der Waals surface area contributed by atoms with Crippen LogP contribution in [0.3, 0.4) is 0 Å². The maximum Gasteiger partial charge on any atom is 0.516 e. The first-order chi connectivity index (χ1) is 31.3. The van der Waals surface area contributed by atoms with Crippen LogP contribution in [0.15, 0.2) is 121 Å². The molecule has 0 saturated carbocycles. The van der Waals surface area contributed by atoms with Crippen LogP contribution in [0.25, 0.3) is 34.6 Å². The van der Waals surface area contributed by atoms with E-state index in [1.807, 2.05) is 80.6 Å². The molecule has 0 aromatic heterocycles. The standard InChI is InChI=1S/C51H54F3N3O6S3/c1-7-8-18-37-34(2)22-26-44-47(37)35(3)43(56(44)30-13-15-32-64(58)59)28-24-41-39-20-11-12-21-40(39)42(49(41)55(6)66(62,63)51(52,53)54)25-29-46-50(4,5)48-38-19-10-9-17-36(38)23-27-45(48)57(46)31-14-16-33-65(60)61/h7-12,17-29,35H,2,13-16,30-33H2,1,3-6H3,(H-,58,59,60,61)/p+1/b8-7-,37-18+. The van der Waals surface area contributed by atoms with Gasteiger partial charge in [-0.15, -0.1) is 0 Å². The van der Waals surface area contributed by atoms with E-state index in [4.69, 9.17) is 0 Å². The number of anilines is 1. The van der Waals surface area contributed by atoms with Crippen molar-refractivity contribution in [3.63, 3.8) is 0 Å². The van der Waals surface area contributed by atoms with Crippen LogP contribution in [-0.4, -0.2) is 77.7 Å². The molecule has 348 valence electrons. The normalized spacial score (nSPS) is 19.6. The summed E-state index contributed by atoms with van der Waals surface area (Å²) in [6.07, 6.45) is 15.1. The first kappa shape index (κ1) is 48.7. The molecule has 1 aliphatic carbocycles. The van der Waals surface area contributed by atoms with Gasteiger partial charge in [0, 0.05) is 77.2 Å². The second-order valence-electron chi connectivity index (χ2n) is 17.2. The zero-order chi connectivity index (χ0) is 47.7. The Morgan fingerprint density at radius 2 is 1.55 bits per heavy atom. The summed E-state index contributed by atoms with van der Waals surface area (Å²) in [5.41, 5.74) is 0.892. The number of rotatable bonds is 16. The van der Waals surface area contributed by atoms with E-state index >= 15 is 0 Å². The van der Waals surface area contributed by atoms with Gasteiger partial charge in [0.2, 0.25) is 5.69 Å². The van der Waals surface area contributed by atoms with Gasteiger partial charge in [-0.1, -0.05) is 99.3 Å². The van der Waals surface area contributed by atoms with Gasteiger partial charge < -0.3 is 14.0 Å². The number of benzene rings is 4. The van der Waals surface area contributed by atoms with E-state index in [-0.39, 0.29) is 34.3 Å². The van der Waals surface area contributed by atoms with Crippen molar-refractivity contribution in [2.45, 2.75) is 70.2 Å². The molecule has 2 N–H and O–H groups in total. The Hall–Kier alpha value is -5.19. The molecule has 0 bridgehead atoms. The summed E-state index contributed by atoms with van der Waals surface area (Å²) < 4.78 is 115. The Morgan fingerprint density at radius 1 is 0.879 bits per heavy atom. The van der Waals surface area contributed by atoms with Crippen LogP contribution in [0, 0.1) is 0 Å². The number of allylic oxidation sites excluding steroid dienone is 9. The van der Waals surface area contributed by atoms with Crippen LogP contribution in [-0.2, 0) is 37.6 Å². The van der Waals surface area contributed by atoms with Crippen molar-refractivity contribution >= 4 is 83.8 Å². The Kier molecular flexibility index (Phi) is 14.5. The molecule has 3 aliphatic rings. The second kappa shape index (κ2) is 19.6. The number of unbranched alkanes of at least 4 members (excludes halogenated alkanes) is 2. The fourth-order valence-electron chi connectivity index (χ4n) is 9.66. The Labute approximate surface area is 390 Å². The summed E-state index contributed by atoms with van der Waals surface area (Å²) in [5.74, 6) is 0.0116. The average molecular weight is 959 g/mol. The third kappa shape index (κ3) is 9.24. The summed E-state index contributed by atoms with van der Waals surface area (Å²) in [6.45, 7) is 13.4. The van der Waals surface area contributed by atoms with E-state index in [1.54, 1.807) is 36.4 Å². The molecule has 4 aromatic carbocycles. The number of hydrogen-bond donors (Lipinski definition) is 2. The molecule has 0 radical (unpaired) electrons. The number of hydrogen-bond acceptors (Lipinski definition) is 5. The molecule has 2 heterocycles. The van der Waals surface area contributed by atoms with E-state index in [0.29, 0.717) is 54.2 Å². The van der Waals surface area contributed by atoms with Crippen molar-refractivity contribution in [2.24, 2.45) is 0 Å². The van der Waals surface area contributed by atoms with Crippen LogP contribution in [0.5, 0.6) is 0 Å². The number of likely N-dealkylation sites (N-methyl/N-ethyl adjacent to an activating group) is 1. The zero-order valence-corrected chi connectivity index (χ0v) is 40.1. The van der Waals surface area contributed by atoms with Crippen LogP contribution >= 0.6 is 0 Å². The third-order valence-electron chi connectivity index (χ3n) is 12.8. The molecule has 3 unspecified atom stereocenters. The molecule has 2 aliphatic heterocycles. The molecule has 0 amide bonds. The highest BCUT2D eigenvalue weighted by Gasteiger charge is 2.51. The van der Waals surface area contributed by atoms with Gasteiger partial charge in [0.1, 0.15) is 6.54 Å². The highest BCUT2D eigenvalue weighted by atomic mass is 32.2. The molecular formula is C51H55F3N3O6S3+. The van der Waals surface area contributed by atoms with Crippen molar-refractivity contribution in [3.05, 3.63) is 153 Å². The van der Waals surface area contributed by atoms with Gasteiger partial charge in [-0.2, -0.15) is 26.2 Å². The predicted molar refractivity (Wildman–Crippen MR) is 264 cm³/mol. The molecule has 4 aromatic rings. The monoisotopic (exact) mass is 958 g/mol. The minimum absolute atomic E-state index is 0.112. The van der Waals surface area contributed by atoms with Crippen LogP contribution in [0.4, 0.5) is 24.5 Å². The molecule has 3 atom stereocenters. The number of sulfonamides is 1. The molecule has 0 fully saturated rings. The zero-order valence-electron chi connectivity index (χ0n) is 37.6. The molecule has 15 heteroatoms. The summed E-state index contributed by atoms with van der Waals surface area (Å²) in [6, 6.07) is 23.2. The minimum atomic E-state index is -5.90. The van der Waals surface area contributed by atoms with Crippen molar-refractivity contribution in [1.29, 1.82) is 0 Å². The molecule has 66 heavy (non-hydrogen) atoms. The number of alkyl halides is 3. The van der Waals surface area contributed by atoms with E-state index in [9.17, 15) is 39.1 Å². The van der Waals surface area contributed by atoms with E-state index in [1.165, 1.54) is 0 Å². The lowest BCUT2D eigenvalue weighted by Gasteiger charge is -2.27. The van der Waals surface area contributed by atoms with E-state index in [2.05, 4.69) is 42.0 Å². The van der Waals surface area contributed by atoms with Crippen molar-refractivity contribution in [2.75, 3.05) is 36.5 Å². The van der Waals surface area contributed by atoms with Gasteiger partial charge in [0.05, 0.1) is 11.6 Å². The summed E-state index contributed by atoms with van der Waals surface area (Å²) >= 11 is -3.90. The Balaban J connectivity index is 1.44. The summed E-state index contributed by atoms with van der Waals surface area (Å²) in [5, 5.41) is 3.84. The van der Waals surface area contributed by atoms with Gasteiger partial charge in [0.25, 0.3) is 0 Å². The Morgan fingerprint density at radius 3 is 2.23 bits per heavy atom. The summed E-state index contributed by atoms with van der Waals surface area (Å²) in [4.78, 5) is 2.15. The number of fused-ring (bicyclic) bond motifs is 5. The van der Waals surface area contributed by atoms with Gasteiger partial charge >= 0.3 is 15.5 Å². The van der Waals surface area contributed by atoms with Crippen LogP contribution in [0.1, 0.15) is 81.5 Å². The Bertz CT molecular complexity index is 3060. The highest BCUT2D eigenvalue weighted by Crippen LogP contribution is 2.52. The lowest BCUT2D eigenvalue weighted by molar-refractivity contribution is -0.437. The van der Waals surface area contributed by atoms with Crippen molar-refractivity contribution in [1.82, 2.24) is 4.31 Å². The van der Waals surface area contributed by atoms with Crippen LogP contribution in [0.2, 0.25) is 0 Å². The topological polar surface area (TPSA) is 118 Å². The lowest BCUT2D eigenvalue weighted by atomic mass is 9.81. The first-order valence-electron chi connectivity index (χ1n) is 21.8. The molecule has 0 saturated heterocycles. The maximum absolute atomic E-state index is 14.6. The number of halogens is 3. The van der Waals surface area contributed by atoms with Crippen LogP contribution < -0.4 is 15.3 Å². The van der Waals surface area contributed by atoms with Gasteiger partial charge in [0.15, 0.2) is 27.9 Å². The molecular weight excluding hydrogens is 904 g/mol. The minimum Gasteiger partial charge on any atom is -0.344 e. The maximum atomic E-state index is 14.6. The van der Waals surface area contributed by atoms with E-state index in [0.717, 1.165) is 62.2 Å². The average Bonchev–Trinajstić information content (AvgIpc) is 3.81. The van der Waals surface area contributed by atoms with Crippen molar-refractivity contribution in [3.8, 4) is 0 Å². The molecule has 0 spiro atoms. The third-order valence-corrected chi connectivity index (χ3v) is 15.5. The highest BCUT2D eigenvalue weighted by molar-refractivity contribution is 7.90. The van der Waals surface area contributed by atoms with E-state index < -0.39 is 43.1 Å². The van der Waals surface area contributed by atoms with Gasteiger partial charge in [-0.3, -0.25) is 4.31 Å². The van der Waals surface area contributed by atoms with Gasteiger partial charge in [-0.25, -0.2) is 8.42 Å². The summed E-state index contributed by atoms with van der Waals surface area (Å²) in [7, 11) is -4.96. The van der Waals surface area contributed by atoms with Crippen molar-refractivity contribution < 1.29 is 43.7 Å². The first-order valence-corrected chi connectivity index (χ1v) is 25.8. The quantitative estimate of drug-likeness (QED) is 0.0653. The fourth-order valence-corrected chi connectivity index (χ4v) is 11.3. The SMILES string of the molecule is C=c1ccc2c(/c1=C/C=C\C)C(C)C(/C=C/C1=C(N(C)S(=O)(=O)C(F)(F)F)C(=C/C=C3/N(CCCCS(=O)O)c4ccc5ccccc5c4C3(C)C)/c3ccccc31)=[N+]2CCCCS(=O)O. The second-order valence-corrected chi connectivity index (χ2v) is 21.2. The predicted octanol–water partition coefficient (Wildman–Crippen LogP) is 9.64. The number of nitrogens with zero attached hydrogens (tertiary/aromatic N) is 3. The molecule has 9 nitrogen and oxygen atoms in total.